The molecule has 0 atom stereocenters. The van der Waals surface area contributed by atoms with Crippen LogP contribution in [-0.2, 0) is 0 Å². The predicted octanol–water partition coefficient (Wildman–Crippen LogP) is 3.68. The minimum absolute atomic E-state index is 0.00390. The number of hydrogen-bond donors (Lipinski definition) is 2. The molecule has 2 aliphatic carbocycles. The quantitative estimate of drug-likeness (QED) is 0.881. The molecule has 0 saturated heterocycles. The van der Waals surface area contributed by atoms with Gasteiger partial charge in [-0.15, -0.1) is 0 Å². The number of aromatic nitrogens is 2. The first kappa shape index (κ1) is 13.9. The van der Waals surface area contributed by atoms with Gasteiger partial charge in [-0.1, -0.05) is 6.07 Å². The third kappa shape index (κ3) is 3.09. The van der Waals surface area contributed by atoms with E-state index in [1.807, 2.05) is 12.1 Å². The van der Waals surface area contributed by atoms with E-state index in [0.717, 1.165) is 31.4 Å². The lowest BCUT2D eigenvalue weighted by molar-refractivity contribution is 0.624. The van der Waals surface area contributed by atoms with Crippen LogP contribution in [0.2, 0.25) is 0 Å². The molecule has 2 fully saturated rings. The van der Waals surface area contributed by atoms with Crippen molar-refractivity contribution in [1.29, 1.82) is 5.26 Å². The summed E-state index contributed by atoms with van der Waals surface area (Å²) in [5.41, 5.74) is 1.42. The van der Waals surface area contributed by atoms with Gasteiger partial charge in [0.1, 0.15) is 23.3 Å². The molecule has 2 N–H and O–H groups in total. The summed E-state index contributed by atoms with van der Waals surface area (Å²) in [6, 6.07) is 8.77. The number of halogens is 1. The number of hydrogen-bond acceptors (Lipinski definition) is 5. The summed E-state index contributed by atoms with van der Waals surface area (Å²) in [5.74, 6) is 1.15. The second-order valence-corrected chi connectivity index (χ2v) is 6.09. The van der Waals surface area contributed by atoms with E-state index in [-0.39, 0.29) is 5.56 Å². The number of nitrogens with one attached hydrogen (secondary N) is 2. The van der Waals surface area contributed by atoms with E-state index in [0.29, 0.717) is 29.4 Å². The molecule has 5 nitrogen and oxygen atoms in total. The maximum Gasteiger partial charge on any atom is 0.225 e. The molecule has 116 valence electrons. The van der Waals surface area contributed by atoms with Crippen molar-refractivity contribution < 1.29 is 4.39 Å². The van der Waals surface area contributed by atoms with Gasteiger partial charge in [-0.2, -0.15) is 10.2 Å². The van der Waals surface area contributed by atoms with Crippen LogP contribution in [0.1, 0.15) is 42.9 Å². The van der Waals surface area contributed by atoms with Crippen molar-refractivity contribution in [1.82, 2.24) is 9.97 Å². The topological polar surface area (TPSA) is 73.6 Å². The van der Waals surface area contributed by atoms with Crippen LogP contribution >= 0.6 is 0 Å². The van der Waals surface area contributed by atoms with Crippen molar-refractivity contribution in [3.8, 4) is 6.07 Å². The van der Waals surface area contributed by atoms with E-state index < -0.39 is 5.82 Å². The van der Waals surface area contributed by atoms with Gasteiger partial charge in [0, 0.05) is 18.0 Å². The summed E-state index contributed by atoms with van der Waals surface area (Å²) >= 11 is 0. The first-order valence-corrected chi connectivity index (χ1v) is 7.84. The van der Waals surface area contributed by atoms with E-state index in [2.05, 4.69) is 20.6 Å². The lowest BCUT2D eigenvalue weighted by Gasteiger charge is -2.11. The Hall–Kier alpha value is -2.68. The third-order valence-electron chi connectivity index (χ3n) is 4.04. The molecular formula is C17H16FN5. The summed E-state index contributed by atoms with van der Waals surface area (Å²) in [4.78, 5) is 9.03. The molecule has 1 heterocycles. The molecule has 1 aromatic heterocycles. The van der Waals surface area contributed by atoms with Crippen molar-refractivity contribution in [3.05, 3.63) is 41.3 Å². The zero-order valence-electron chi connectivity index (χ0n) is 12.5. The average molecular weight is 309 g/mol. The summed E-state index contributed by atoms with van der Waals surface area (Å²) in [7, 11) is 0. The van der Waals surface area contributed by atoms with Crippen LogP contribution < -0.4 is 10.6 Å². The van der Waals surface area contributed by atoms with Crippen LogP contribution in [0.15, 0.2) is 24.3 Å². The summed E-state index contributed by atoms with van der Waals surface area (Å²) in [6.45, 7) is 0. The van der Waals surface area contributed by atoms with Crippen LogP contribution in [0, 0.1) is 17.1 Å². The Morgan fingerprint density at radius 2 is 2.00 bits per heavy atom. The first-order valence-electron chi connectivity index (χ1n) is 7.84. The molecule has 0 amide bonds. The van der Waals surface area contributed by atoms with E-state index >= 15 is 0 Å². The number of rotatable bonds is 5. The zero-order chi connectivity index (χ0) is 15.8. The van der Waals surface area contributed by atoms with Crippen molar-refractivity contribution in [2.75, 3.05) is 10.6 Å². The van der Waals surface area contributed by atoms with Crippen LogP contribution in [0.4, 0.5) is 21.8 Å². The van der Waals surface area contributed by atoms with Crippen molar-refractivity contribution >= 4 is 17.5 Å². The smallest absolute Gasteiger partial charge is 0.225 e. The predicted molar refractivity (Wildman–Crippen MR) is 85.0 cm³/mol. The minimum atomic E-state index is -0.537. The van der Waals surface area contributed by atoms with Crippen LogP contribution in [0.25, 0.3) is 0 Å². The molecule has 0 aliphatic heterocycles. The van der Waals surface area contributed by atoms with Crippen LogP contribution in [-0.4, -0.2) is 16.0 Å². The Labute approximate surface area is 133 Å². The molecule has 0 bridgehead atoms. The normalized spacial score (nSPS) is 16.7. The van der Waals surface area contributed by atoms with Gasteiger partial charge in [-0.3, -0.25) is 0 Å². The summed E-state index contributed by atoms with van der Waals surface area (Å²) < 4.78 is 13.7. The maximum atomic E-state index is 13.7. The van der Waals surface area contributed by atoms with Gasteiger partial charge >= 0.3 is 0 Å². The van der Waals surface area contributed by atoms with Crippen molar-refractivity contribution in [3.63, 3.8) is 0 Å². The van der Waals surface area contributed by atoms with Gasteiger partial charge in [0.15, 0.2) is 0 Å². The first-order chi connectivity index (χ1) is 11.2. The Morgan fingerprint density at radius 1 is 1.17 bits per heavy atom. The summed E-state index contributed by atoms with van der Waals surface area (Å²) in [5, 5.41) is 15.5. The molecule has 2 aromatic rings. The van der Waals surface area contributed by atoms with E-state index in [9.17, 15) is 4.39 Å². The van der Waals surface area contributed by atoms with Gasteiger partial charge in [-0.05, 0) is 37.8 Å². The Bertz CT molecular complexity index is 790. The van der Waals surface area contributed by atoms with Crippen LogP contribution in [0.3, 0.4) is 0 Å². The molecule has 4 rings (SSSR count). The lowest BCUT2D eigenvalue weighted by Crippen LogP contribution is -2.09. The van der Waals surface area contributed by atoms with Gasteiger partial charge in [0.2, 0.25) is 5.95 Å². The molecule has 0 spiro atoms. The highest BCUT2D eigenvalue weighted by Gasteiger charge is 2.28. The van der Waals surface area contributed by atoms with E-state index in [1.54, 1.807) is 12.1 Å². The fourth-order valence-electron chi connectivity index (χ4n) is 2.47. The van der Waals surface area contributed by atoms with Gasteiger partial charge in [0.25, 0.3) is 0 Å². The monoisotopic (exact) mass is 309 g/mol. The number of benzene rings is 1. The highest BCUT2D eigenvalue weighted by Crippen LogP contribution is 2.40. The maximum absolute atomic E-state index is 13.7. The number of nitrogens with zero attached hydrogens (tertiary/aromatic N) is 3. The molecule has 23 heavy (non-hydrogen) atoms. The molecular weight excluding hydrogens is 293 g/mol. The van der Waals surface area contributed by atoms with Gasteiger partial charge < -0.3 is 10.6 Å². The lowest BCUT2D eigenvalue weighted by atomic mass is 10.2. The van der Waals surface area contributed by atoms with Crippen LogP contribution in [0.5, 0.6) is 0 Å². The highest BCUT2D eigenvalue weighted by molar-refractivity contribution is 5.65. The molecule has 1 aromatic carbocycles. The van der Waals surface area contributed by atoms with Crippen molar-refractivity contribution in [2.45, 2.75) is 37.6 Å². The second kappa shape index (κ2) is 5.51. The zero-order valence-corrected chi connectivity index (χ0v) is 12.5. The van der Waals surface area contributed by atoms with Crippen molar-refractivity contribution in [2.24, 2.45) is 0 Å². The molecule has 6 heteroatoms. The Kier molecular flexibility index (Phi) is 3.34. The fraction of sp³-hybridized carbons (Fsp3) is 0.353. The molecule has 0 radical (unpaired) electrons. The molecule has 2 saturated carbocycles. The Morgan fingerprint density at radius 3 is 2.70 bits per heavy atom. The Balaban J connectivity index is 1.66. The average Bonchev–Trinajstić information content (AvgIpc) is 3.41. The fourth-order valence-corrected chi connectivity index (χ4v) is 2.47. The summed E-state index contributed by atoms with van der Waals surface area (Å²) in [6.07, 6.45) is 4.57. The third-order valence-corrected chi connectivity index (χ3v) is 4.04. The molecule has 0 unspecified atom stereocenters. The SMILES string of the molecule is N#Cc1c(F)cccc1Nc1cc(C2CC2)nc(NC2CC2)n1. The highest BCUT2D eigenvalue weighted by atomic mass is 19.1. The number of anilines is 3. The van der Waals surface area contributed by atoms with E-state index in [4.69, 9.17) is 5.26 Å². The largest absolute Gasteiger partial charge is 0.351 e. The molecule has 2 aliphatic rings. The standard InChI is InChI=1S/C17H16FN5/c18-13-2-1-3-14(12(13)9-19)21-16-8-15(10-4-5-10)22-17(23-16)20-11-6-7-11/h1-3,8,10-11H,4-7H2,(H2,20,21,22,23). The van der Waals surface area contributed by atoms with E-state index in [1.165, 1.54) is 6.07 Å². The second-order valence-electron chi connectivity index (χ2n) is 6.09. The van der Waals surface area contributed by atoms with Gasteiger partial charge in [0.05, 0.1) is 11.4 Å². The van der Waals surface area contributed by atoms with Gasteiger partial charge in [-0.25, -0.2) is 9.37 Å². The number of nitriles is 1. The minimum Gasteiger partial charge on any atom is -0.351 e.